The molecule has 1 unspecified atom stereocenters. The van der Waals surface area contributed by atoms with Crippen molar-refractivity contribution in [2.24, 2.45) is 4.99 Å². The highest BCUT2D eigenvalue weighted by molar-refractivity contribution is 5.60. The zero-order chi connectivity index (χ0) is 7.82. The van der Waals surface area contributed by atoms with Crippen molar-refractivity contribution < 1.29 is 4.74 Å². The molecule has 1 aliphatic heterocycles. The smallest absolute Gasteiger partial charge is 0.0819 e. The van der Waals surface area contributed by atoms with E-state index in [4.69, 9.17) is 4.74 Å². The molecule has 0 radical (unpaired) electrons. The van der Waals surface area contributed by atoms with Gasteiger partial charge in [-0.2, -0.15) is 0 Å². The average Bonchev–Trinajstić information content (AvgIpc) is 2.10. The van der Waals surface area contributed by atoms with Crippen LogP contribution in [0.5, 0.6) is 0 Å². The fraction of sp³-hybridized carbons (Fsp3) is 0.625. The fourth-order valence-corrected chi connectivity index (χ4v) is 0.625. The second-order valence-electron chi connectivity index (χ2n) is 1.68. The van der Waals surface area contributed by atoms with Gasteiger partial charge in [-0.25, -0.2) is 0 Å². The highest BCUT2D eigenvalue weighted by atomic mass is 16.5. The van der Waals surface area contributed by atoms with Crippen molar-refractivity contribution >= 4 is 6.21 Å². The van der Waals surface area contributed by atoms with Gasteiger partial charge >= 0.3 is 0 Å². The molecule has 0 amide bonds. The molecule has 0 fully saturated rings. The summed E-state index contributed by atoms with van der Waals surface area (Å²) >= 11 is 0. The number of hydrogen-bond donors (Lipinski definition) is 0. The molecule has 0 bridgehead atoms. The molecule has 1 rings (SSSR count). The van der Waals surface area contributed by atoms with E-state index in [0.717, 1.165) is 6.42 Å². The van der Waals surface area contributed by atoms with Crippen molar-refractivity contribution in [2.45, 2.75) is 26.4 Å². The Morgan fingerprint density at radius 3 is 2.50 bits per heavy atom. The molecule has 0 aromatic rings. The van der Waals surface area contributed by atoms with Crippen LogP contribution in [0.25, 0.3) is 0 Å². The first kappa shape index (κ1) is 9.37. The van der Waals surface area contributed by atoms with Crippen molar-refractivity contribution in [3.8, 4) is 0 Å². The summed E-state index contributed by atoms with van der Waals surface area (Å²) in [6.45, 7) is 4.00. The van der Waals surface area contributed by atoms with Crippen LogP contribution in [0.15, 0.2) is 17.3 Å². The maximum absolute atomic E-state index is 5.01. The molecule has 10 heavy (non-hydrogen) atoms. The second-order valence-corrected chi connectivity index (χ2v) is 1.68. The van der Waals surface area contributed by atoms with Crippen LogP contribution in [-0.4, -0.2) is 19.4 Å². The van der Waals surface area contributed by atoms with E-state index in [0.29, 0.717) is 0 Å². The van der Waals surface area contributed by atoms with E-state index in [-0.39, 0.29) is 6.10 Å². The molecule has 0 saturated heterocycles. The average molecular weight is 141 g/mol. The number of rotatable bonds is 1. The van der Waals surface area contributed by atoms with E-state index in [2.05, 4.69) is 4.99 Å². The third-order valence-electron chi connectivity index (χ3n) is 1.13. The predicted molar refractivity (Wildman–Crippen MR) is 44.4 cm³/mol. The molecule has 0 spiro atoms. The maximum atomic E-state index is 5.01. The van der Waals surface area contributed by atoms with Crippen LogP contribution in [0.4, 0.5) is 0 Å². The van der Waals surface area contributed by atoms with Gasteiger partial charge in [0, 0.05) is 25.9 Å². The van der Waals surface area contributed by atoms with Gasteiger partial charge in [-0.1, -0.05) is 13.8 Å². The SMILES string of the molecule is CC.COC1C=CN=CC1. The third-order valence-corrected chi connectivity index (χ3v) is 1.13. The summed E-state index contributed by atoms with van der Waals surface area (Å²) in [6.07, 6.45) is 6.73. The van der Waals surface area contributed by atoms with Crippen LogP contribution in [-0.2, 0) is 4.74 Å². The lowest BCUT2D eigenvalue weighted by Gasteiger charge is -2.08. The lowest BCUT2D eigenvalue weighted by Crippen LogP contribution is -2.08. The molecule has 0 N–H and O–H groups in total. The van der Waals surface area contributed by atoms with Gasteiger partial charge in [0.05, 0.1) is 6.10 Å². The highest BCUT2D eigenvalue weighted by Gasteiger charge is 2.00. The molecule has 2 heteroatoms. The molecule has 0 aliphatic carbocycles. The van der Waals surface area contributed by atoms with Crippen LogP contribution in [0.2, 0.25) is 0 Å². The fourth-order valence-electron chi connectivity index (χ4n) is 0.625. The van der Waals surface area contributed by atoms with Gasteiger partial charge in [0.1, 0.15) is 0 Å². The quantitative estimate of drug-likeness (QED) is 0.547. The Morgan fingerprint density at radius 2 is 2.20 bits per heavy atom. The van der Waals surface area contributed by atoms with Gasteiger partial charge < -0.3 is 4.74 Å². The number of methoxy groups -OCH3 is 1. The van der Waals surface area contributed by atoms with Crippen molar-refractivity contribution in [3.05, 3.63) is 12.3 Å². The zero-order valence-corrected chi connectivity index (χ0v) is 6.87. The van der Waals surface area contributed by atoms with Crippen LogP contribution in [0.1, 0.15) is 20.3 Å². The number of hydrogen-bond acceptors (Lipinski definition) is 2. The standard InChI is InChI=1S/C6H9NO.C2H6/c1-8-6-2-4-7-5-3-6;1-2/h2,4-6H,3H2,1H3;1-2H3. The van der Waals surface area contributed by atoms with Gasteiger partial charge in [-0.15, -0.1) is 0 Å². The summed E-state index contributed by atoms with van der Waals surface area (Å²) in [4.78, 5) is 3.89. The van der Waals surface area contributed by atoms with Crippen molar-refractivity contribution in [1.29, 1.82) is 0 Å². The first-order valence-electron chi connectivity index (χ1n) is 3.64. The molecule has 0 saturated carbocycles. The monoisotopic (exact) mass is 141 g/mol. The summed E-state index contributed by atoms with van der Waals surface area (Å²) in [7, 11) is 1.70. The molecule has 1 heterocycles. The summed E-state index contributed by atoms with van der Waals surface area (Å²) in [5.74, 6) is 0. The molecular formula is C8H15NO. The molecular weight excluding hydrogens is 126 g/mol. The number of ether oxygens (including phenoxy) is 1. The van der Waals surface area contributed by atoms with E-state index in [1.807, 2.05) is 26.1 Å². The zero-order valence-electron chi connectivity index (χ0n) is 6.87. The lowest BCUT2D eigenvalue weighted by atomic mass is 10.2. The van der Waals surface area contributed by atoms with Gasteiger partial charge in [-0.3, -0.25) is 4.99 Å². The second kappa shape index (κ2) is 6.49. The summed E-state index contributed by atoms with van der Waals surface area (Å²) < 4.78 is 5.01. The van der Waals surface area contributed by atoms with Crippen LogP contribution >= 0.6 is 0 Å². The van der Waals surface area contributed by atoms with Gasteiger partial charge in [-0.05, 0) is 6.08 Å². The van der Waals surface area contributed by atoms with Crippen molar-refractivity contribution in [1.82, 2.24) is 0 Å². The van der Waals surface area contributed by atoms with Crippen molar-refractivity contribution in [3.63, 3.8) is 0 Å². The van der Waals surface area contributed by atoms with Crippen LogP contribution < -0.4 is 0 Å². The molecule has 0 aromatic heterocycles. The molecule has 0 aromatic carbocycles. The van der Waals surface area contributed by atoms with E-state index >= 15 is 0 Å². The Morgan fingerprint density at radius 1 is 1.50 bits per heavy atom. The predicted octanol–water partition coefficient (Wildman–Crippen LogP) is 2.02. The van der Waals surface area contributed by atoms with Crippen LogP contribution in [0.3, 0.4) is 0 Å². The number of nitrogens with zero attached hydrogens (tertiary/aromatic N) is 1. The Hall–Kier alpha value is -0.630. The summed E-state index contributed by atoms with van der Waals surface area (Å²) in [5.41, 5.74) is 0. The molecule has 2 nitrogen and oxygen atoms in total. The topological polar surface area (TPSA) is 21.6 Å². The summed E-state index contributed by atoms with van der Waals surface area (Å²) in [6, 6.07) is 0. The third kappa shape index (κ3) is 3.41. The van der Waals surface area contributed by atoms with Gasteiger partial charge in [0.2, 0.25) is 0 Å². The lowest BCUT2D eigenvalue weighted by molar-refractivity contribution is 0.147. The Labute approximate surface area is 62.6 Å². The van der Waals surface area contributed by atoms with Crippen LogP contribution in [0, 0.1) is 0 Å². The Balaban J connectivity index is 0.000000371. The van der Waals surface area contributed by atoms with E-state index in [1.54, 1.807) is 13.3 Å². The van der Waals surface area contributed by atoms with E-state index < -0.39 is 0 Å². The normalized spacial score (nSPS) is 21.7. The summed E-state index contributed by atoms with van der Waals surface area (Å²) in [5, 5.41) is 0. The van der Waals surface area contributed by atoms with Gasteiger partial charge in [0.15, 0.2) is 0 Å². The Bertz CT molecular complexity index is 118. The van der Waals surface area contributed by atoms with E-state index in [9.17, 15) is 0 Å². The van der Waals surface area contributed by atoms with Gasteiger partial charge in [0.25, 0.3) is 0 Å². The minimum Gasteiger partial charge on any atom is -0.377 e. The minimum absolute atomic E-state index is 0.257. The highest BCUT2D eigenvalue weighted by Crippen LogP contribution is 2.00. The number of aliphatic imine (C=N–C) groups is 1. The molecule has 58 valence electrons. The minimum atomic E-state index is 0.257. The first-order chi connectivity index (χ1) is 4.93. The maximum Gasteiger partial charge on any atom is 0.0819 e. The molecule has 1 aliphatic rings. The Kier molecular flexibility index (Phi) is 6.08. The first-order valence-corrected chi connectivity index (χ1v) is 3.64. The van der Waals surface area contributed by atoms with Crippen molar-refractivity contribution in [2.75, 3.05) is 7.11 Å². The van der Waals surface area contributed by atoms with E-state index in [1.165, 1.54) is 0 Å². The molecule has 1 atom stereocenters. The largest absolute Gasteiger partial charge is 0.377 e.